The number of rotatable bonds is 6. The van der Waals surface area contributed by atoms with Gasteiger partial charge in [0.1, 0.15) is 5.82 Å². The smallest absolute Gasteiger partial charge is 0.146 e. The van der Waals surface area contributed by atoms with Crippen molar-refractivity contribution >= 4 is 5.69 Å². The highest BCUT2D eigenvalue weighted by Gasteiger charge is 2.22. The molecule has 118 valence electrons. The Kier molecular flexibility index (Phi) is 6.00. The van der Waals surface area contributed by atoms with Crippen molar-refractivity contribution in [2.75, 3.05) is 38.6 Å². The van der Waals surface area contributed by atoms with Gasteiger partial charge in [-0.25, -0.2) is 4.39 Å². The zero-order chi connectivity index (χ0) is 15.2. The highest BCUT2D eigenvalue weighted by Crippen LogP contribution is 2.25. The van der Waals surface area contributed by atoms with Crippen LogP contribution in [0.25, 0.3) is 0 Å². The van der Waals surface area contributed by atoms with E-state index in [4.69, 9.17) is 0 Å². The van der Waals surface area contributed by atoms with Crippen LogP contribution in [0.2, 0.25) is 0 Å². The Morgan fingerprint density at radius 2 is 2.00 bits per heavy atom. The van der Waals surface area contributed by atoms with Crippen LogP contribution in [0.5, 0.6) is 0 Å². The monoisotopic (exact) mass is 293 g/mol. The Labute approximate surface area is 128 Å². The van der Waals surface area contributed by atoms with Crippen LogP contribution in [0.3, 0.4) is 0 Å². The summed E-state index contributed by atoms with van der Waals surface area (Å²) in [5, 5.41) is 3.31. The number of hydrogen-bond acceptors (Lipinski definition) is 3. The minimum absolute atomic E-state index is 0.0888. The van der Waals surface area contributed by atoms with Crippen LogP contribution in [0.15, 0.2) is 18.2 Å². The first-order valence-electron chi connectivity index (χ1n) is 8.02. The first kappa shape index (κ1) is 16.2. The van der Waals surface area contributed by atoms with Crippen molar-refractivity contribution in [1.82, 2.24) is 10.2 Å². The Balaban J connectivity index is 1.95. The Morgan fingerprint density at radius 1 is 1.29 bits per heavy atom. The molecule has 1 saturated heterocycles. The zero-order valence-electron chi connectivity index (χ0n) is 13.5. The minimum Gasteiger partial charge on any atom is -0.369 e. The van der Waals surface area contributed by atoms with Gasteiger partial charge in [-0.05, 0) is 57.6 Å². The average Bonchev–Trinajstić information content (AvgIpc) is 2.48. The Bertz CT molecular complexity index is 440. The van der Waals surface area contributed by atoms with E-state index in [0.29, 0.717) is 6.04 Å². The lowest BCUT2D eigenvalue weighted by Gasteiger charge is -2.36. The number of nitrogens with one attached hydrogen (secondary N) is 1. The molecule has 1 aromatic carbocycles. The molecule has 0 aliphatic carbocycles. The van der Waals surface area contributed by atoms with Crippen LogP contribution in [0.1, 0.15) is 31.7 Å². The highest BCUT2D eigenvalue weighted by atomic mass is 19.1. The normalized spacial score (nSPS) is 16.7. The summed E-state index contributed by atoms with van der Waals surface area (Å²) in [5.41, 5.74) is 1.78. The molecule has 1 aliphatic heterocycles. The van der Waals surface area contributed by atoms with Gasteiger partial charge in [-0.2, -0.15) is 0 Å². The summed E-state index contributed by atoms with van der Waals surface area (Å²) in [6.07, 6.45) is 3.31. The van der Waals surface area contributed by atoms with E-state index in [9.17, 15) is 4.39 Å². The molecule has 2 rings (SSSR count). The van der Waals surface area contributed by atoms with Crippen molar-refractivity contribution in [1.29, 1.82) is 0 Å². The van der Waals surface area contributed by atoms with E-state index in [1.165, 1.54) is 0 Å². The van der Waals surface area contributed by atoms with Crippen molar-refractivity contribution in [2.45, 2.75) is 38.8 Å². The lowest BCUT2D eigenvalue weighted by Crippen LogP contribution is -2.42. The molecule has 0 radical (unpaired) electrons. The van der Waals surface area contributed by atoms with Gasteiger partial charge in [-0.1, -0.05) is 13.0 Å². The molecule has 0 unspecified atom stereocenters. The van der Waals surface area contributed by atoms with Crippen molar-refractivity contribution < 1.29 is 4.39 Å². The summed E-state index contributed by atoms with van der Waals surface area (Å²) in [4.78, 5) is 4.45. The van der Waals surface area contributed by atoms with Gasteiger partial charge in [0.25, 0.3) is 0 Å². The van der Waals surface area contributed by atoms with E-state index in [-0.39, 0.29) is 5.82 Å². The standard InChI is InChI=1S/C17H28FN3/c1-4-9-19-13-14-5-6-17(16(18)12-14)21-10-7-15(8-11-21)20(2)3/h5-6,12,15,19H,4,7-11,13H2,1-3H3. The molecule has 1 aromatic rings. The third-order valence-corrected chi connectivity index (χ3v) is 4.30. The van der Waals surface area contributed by atoms with Crippen LogP contribution >= 0.6 is 0 Å². The third-order valence-electron chi connectivity index (χ3n) is 4.30. The third kappa shape index (κ3) is 4.42. The molecular formula is C17H28FN3. The largest absolute Gasteiger partial charge is 0.369 e. The summed E-state index contributed by atoms with van der Waals surface area (Å²) in [5.74, 6) is -0.0888. The fourth-order valence-corrected chi connectivity index (χ4v) is 2.95. The van der Waals surface area contributed by atoms with Crippen LogP contribution in [0.4, 0.5) is 10.1 Å². The predicted octanol–water partition coefficient (Wildman–Crippen LogP) is 2.86. The second-order valence-corrected chi connectivity index (χ2v) is 6.14. The molecule has 0 atom stereocenters. The zero-order valence-corrected chi connectivity index (χ0v) is 13.5. The predicted molar refractivity (Wildman–Crippen MR) is 87.3 cm³/mol. The van der Waals surface area contributed by atoms with Gasteiger partial charge in [-0.3, -0.25) is 0 Å². The van der Waals surface area contributed by atoms with Gasteiger partial charge in [0.15, 0.2) is 0 Å². The maximum absolute atomic E-state index is 14.3. The second-order valence-electron chi connectivity index (χ2n) is 6.14. The first-order valence-corrected chi connectivity index (χ1v) is 8.02. The van der Waals surface area contributed by atoms with Crippen molar-refractivity contribution in [3.05, 3.63) is 29.6 Å². The van der Waals surface area contributed by atoms with Gasteiger partial charge in [-0.15, -0.1) is 0 Å². The van der Waals surface area contributed by atoms with Gasteiger partial charge < -0.3 is 15.1 Å². The molecule has 4 heteroatoms. The molecule has 0 saturated carbocycles. The van der Waals surface area contributed by atoms with E-state index >= 15 is 0 Å². The molecule has 0 bridgehead atoms. The molecular weight excluding hydrogens is 265 g/mol. The van der Waals surface area contributed by atoms with E-state index in [1.54, 1.807) is 6.07 Å². The first-order chi connectivity index (χ1) is 10.1. The summed E-state index contributed by atoms with van der Waals surface area (Å²) in [7, 11) is 4.25. The number of benzene rings is 1. The van der Waals surface area contributed by atoms with Crippen LogP contribution in [-0.2, 0) is 6.54 Å². The molecule has 0 amide bonds. The molecule has 1 aliphatic rings. The summed E-state index contributed by atoms with van der Waals surface area (Å²) >= 11 is 0. The molecule has 21 heavy (non-hydrogen) atoms. The van der Waals surface area contributed by atoms with Gasteiger partial charge in [0, 0.05) is 25.7 Å². The number of piperidine rings is 1. The topological polar surface area (TPSA) is 18.5 Å². The molecule has 1 N–H and O–H groups in total. The van der Waals surface area contributed by atoms with Gasteiger partial charge >= 0.3 is 0 Å². The maximum Gasteiger partial charge on any atom is 0.146 e. The van der Waals surface area contributed by atoms with Crippen LogP contribution < -0.4 is 10.2 Å². The maximum atomic E-state index is 14.3. The molecule has 1 fully saturated rings. The highest BCUT2D eigenvalue weighted by molar-refractivity contribution is 5.49. The van der Waals surface area contributed by atoms with Crippen molar-refractivity contribution in [3.63, 3.8) is 0 Å². The van der Waals surface area contributed by atoms with Crippen LogP contribution in [-0.4, -0.2) is 44.7 Å². The molecule has 0 spiro atoms. The summed E-state index contributed by atoms with van der Waals surface area (Å²) < 4.78 is 14.3. The number of anilines is 1. The number of hydrogen-bond donors (Lipinski definition) is 1. The number of halogens is 1. The van der Waals surface area contributed by atoms with Crippen molar-refractivity contribution in [2.24, 2.45) is 0 Å². The van der Waals surface area contributed by atoms with E-state index in [0.717, 1.165) is 56.7 Å². The summed E-state index contributed by atoms with van der Waals surface area (Å²) in [6, 6.07) is 6.28. The fourth-order valence-electron chi connectivity index (χ4n) is 2.95. The quantitative estimate of drug-likeness (QED) is 0.814. The lowest BCUT2D eigenvalue weighted by atomic mass is 10.0. The average molecular weight is 293 g/mol. The Hall–Kier alpha value is -1.13. The fraction of sp³-hybridized carbons (Fsp3) is 0.647. The van der Waals surface area contributed by atoms with Gasteiger partial charge in [0.05, 0.1) is 5.69 Å². The van der Waals surface area contributed by atoms with Crippen LogP contribution in [0, 0.1) is 5.82 Å². The minimum atomic E-state index is -0.0888. The summed E-state index contributed by atoms with van der Waals surface area (Å²) in [6.45, 7) is 5.73. The van der Waals surface area contributed by atoms with E-state index in [1.807, 2.05) is 12.1 Å². The second kappa shape index (κ2) is 7.76. The van der Waals surface area contributed by atoms with E-state index < -0.39 is 0 Å². The number of nitrogens with zero attached hydrogens (tertiary/aromatic N) is 2. The molecule has 1 heterocycles. The molecule has 0 aromatic heterocycles. The van der Waals surface area contributed by atoms with Gasteiger partial charge in [0.2, 0.25) is 0 Å². The molecule has 3 nitrogen and oxygen atoms in total. The lowest BCUT2D eigenvalue weighted by molar-refractivity contribution is 0.249. The van der Waals surface area contributed by atoms with E-state index in [2.05, 4.69) is 36.1 Å². The van der Waals surface area contributed by atoms with Crippen molar-refractivity contribution in [3.8, 4) is 0 Å². The SMILES string of the molecule is CCCNCc1ccc(N2CCC(N(C)C)CC2)c(F)c1. The Morgan fingerprint density at radius 3 is 2.57 bits per heavy atom.